The van der Waals surface area contributed by atoms with Crippen LogP contribution in [-0.2, 0) is 13.1 Å². The Hall–Kier alpha value is -1.13. The van der Waals surface area contributed by atoms with E-state index in [0.717, 1.165) is 24.6 Å². The van der Waals surface area contributed by atoms with E-state index in [9.17, 15) is 0 Å². The summed E-state index contributed by atoms with van der Waals surface area (Å²) in [5.41, 5.74) is 1.34. The second-order valence-electron chi connectivity index (χ2n) is 5.06. The molecule has 0 saturated carbocycles. The molecule has 0 radical (unpaired) electrons. The van der Waals surface area contributed by atoms with Gasteiger partial charge in [-0.15, -0.1) is 11.3 Å². The highest BCUT2D eigenvalue weighted by Crippen LogP contribution is 2.14. The molecule has 0 aliphatic rings. The van der Waals surface area contributed by atoms with Gasteiger partial charge in [0.1, 0.15) is 0 Å². The minimum Gasteiger partial charge on any atom is -0.349 e. The Labute approximate surface area is 113 Å². The lowest BCUT2D eigenvalue weighted by molar-refractivity contribution is 0.552. The molecule has 0 aliphatic carbocycles. The number of thiazole rings is 1. The van der Waals surface area contributed by atoms with E-state index in [2.05, 4.69) is 47.2 Å². The quantitative estimate of drug-likeness (QED) is 0.868. The average Bonchev–Trinajstić information content (AvgIpc) is 2.89. The first-order chi connectivity index (χ1) is 8.63. The van der Waals surface area contributed by atoms with Gasteiger partial charge in [-0.2, -0.15) is 0 Å². The molecule has 0 spiro atoms. The summed E-state index contributed by atoms with van der Waals surface area (Å²) in [7, 11) is 0. The molecule has 0 bridgehead atoms. The molecule has 0 fully saturated rings. The lowest BCUT2D eigenvalue weighted by Crippen LogP contribution is -2.18. The highest BCUT2D eigenvalue weighted by molar-refractivity contribution is 7.11. The zero-order valence-electron chi connectivity index (χ0n) is 11.3. The van der Waals surface area contributed by atoms with Crippen molar-refractivity contribution < 1.29 is 0 Å². The summed E-state index contributed by atoms with van der Waals surface area (Å²) >= 11 is 1.77. The van der Waals surface area contributed by atoms with Crippen LogP contribution in [0.4, 0.5) is 0 Å². The van der Waals surface area contributed by atoms with Gasteiger partial charge in [-0.3, -0.25) is 0 Å². The maximum Gasteiger partial charge on any atom is 0.0897 e. The molecule has 0 aliphatic heterocycles. The van der Waals surface area contributed by atoms with E-state index in [-0.39, 0.29) is 0 Å². The van der Waals surface area contributed by atoms with Crippen LogP contribution in [0.25, 0.3) is 0 Å². The fraction of sp³-hybridized carbons (Fsp3) is 0.500. The Balaban J connectivity index is 1.86. The molecule has 98 valence electrons. The van der Waals surface area contributed by atoms with Crippen molar-refractivity contribution >= 4 is 11.3 Å². The van der Waals surface area contributed by atoms with E-state index in [0.29, 0.717) is 5.92 Å². The predicted molar refractivity (Wildman–Crippen MR) is 76.9 cm³/mol. The molecule has 2 heterocycles. The van der Waals surface area contributed by atoms with Gasteiger partial charge in [-0.05, 0) is 31.0 Å². The Kier molecular flexibility index (Phi) is 4.55. The van der Waals surface area contributed by atoms with E-state index in [1.165, 1.54) is 10.4 Å². The van der Waals surface area contributed by atoms with Crippen molar-refractivity contribution in [3.05, 3.63) is 40.1 Å². The normalized spacial score (nSPS) is 11.3. The highest BCUT2D eigenvalue weighted by atomic mass is 32.1. The first kappa shape index (κ1) is 13.3. The monoisotopic (exact) mass is 263 g/mol. The lowest BCUT2D eigenvalue weighted by atomic mass is 10.2. The van der Waals surface area contributed by atoms with Gasteiger partial charge in [0.15, 0.2) is 0 Å². The topological polar surface area (TPSA) is 29.9 Å². The van der Waals surface area contributed by atoms with Crippen molar-refractivity contribution in [3.63, 3.8) is 0 Å². The summed E-state index contributed by atoms with van der Waals surface area (Å²) in [6, 6.07) is 2.18. The van der Waals surface area contributed by atoms with Crippen molar-refractivity contribution in [1.29, 1.82) is 0 Å². The Morgan fingerprint density at radius 1 is 1.44 bits per heavy atom. The van der Waals surface area contributed by atoms with Crippen molar-refractivity contribution in [3.8, 4) is 0 Å². The molecular formula is C14H21N3S. The summed E-state index contributed by atoms with van der Waals surface area (Å²) in [5.74, 6) is 0.701. The van der Waals surface area contributed by atoms with Crippen LogP contribution >= 0.6 is 11.3 Å². The first-order valence-electron chi connectivity index (χ1n) is 6.40. The molecule has 0 amide bonds. The van der Waals surface area contributed by atoms with E-state index < -0.39 is 0 Å². The van der Waals surface area contributed by atoms with Gasteiger partial charge >= 0.3 is 0 Å². The number of nitrogens with zero attached hydrogens (tertiary/aromatic N) is 2. The summed E-state index contributed by atoms with van der Waals surface area (Å²) in [4.78, 5) is 5.59. The van der Waals surface area contributed by atoms with Crippen LogP contribution in [0.5, 0.6) is 0 Å². The van der Waals surface area contributed by atoms with Crippen LogP contribution in [0, 0.1) is 12.8 Å². The van der Waals surface area contributed by atoms with Crippen LogP contribution in [0.15, 0.2) is 24.7 Å². The SMILES string of the molecule is Cc1ncc(Cn2ccc(CNCC(C)C)c2)s1. The van der Waals surface area contributed by atoms with Crippen LogP contribution in [-0.4, -0.2) is 16.1 Å². The molecule has 3 nitrogen and oxygen atoms in total. The first-order valence-corrected chi connectivity index (χ1v) is 7.22. The minimum atomic E-state index is 0.701. The van der Waals surface area contributed by atoms with Crippen LogP contribution in [0.1, 0.15) is 29.3 Å². The van der Waals surface area contributed by atoms with Gasteiger partial charge in [0.25, 0.3) is 0 Å². The Morgan fingerprint density at radius 2 is 2.28 bits per heavy atom. The second kappa shape index (κ2) is 6.16. The lowest BCUT2D eigenvalue weighted by Gasteiger charge is -2.05. The van der Waals surface area contributed by atoms with Crippen molar-refractivity contribution in [2.75, 3.05) is 6.54 Å². The van der Waals surface area contributed by atoms with Gasteiger partial charge in [0.2, 0.25) is 0 Å². The van der Waals surface area contributed by atoms with Crippen LogP contribution in [0.3, 0.4) is 0 Å². The Morgan fingerprint density at radius 3 is 2.94 bits per heavy atom. The highest BCUT2D eigenvalue weighted by Gasteiger charge is 2.01. The number of aromatic nitrogens is 2. The number of hydrogen-bond acceptors (Lipinski definition) is 3. The van der Waals surface area contributed by atoms with Crippen molar-refractivity contribution in [1.82, 2.24) is 14.9 Å². The summed E-state index contributed by atoms with van der Waals surface area (Å²) < 4.78 is 2.22. The third-order valence-corrected chi connectivity index (χ3v) is 3.60. The number of hydrogen-bond donors (Lipinski definition) is 1. The molecule has 2 aromatic rings. The summed E-state index contributed by atoms with van der Waals surface area (Å²) in [5, 5.41) is 4.59. The number of rotatable bonds is 6. The van der Waals surface area contributed by atoms with E-state index >= 15 is 0 Å². The zero-order chi connectivity index (χ0) is 13.0. The van der Waals surface area contributed by atoms with Crippen molar-refractivity contribution in [2.45, 2.75) is 33.9 Å². The Bertz CT molecular complexity index is 485. The molecule has 0 aromatic carbocycles. The fourth-order valence-electron chi connectivity index (χ4n) is 1.86. The maximum absolute atomic E-state index is 4.28. The average molecular weight is 263 g/mol. The molecule has 0 unspecified atom stereocenters. The molecule has 18 heavy (non-hydrogen) atoms. The van der Waals surface area contributed by atoms with Gasteiger partial charge in [0, 0.05) is 30.0 Å². The van der Waals surface area contributed by atoms with Gasteiger partial charge in [-0.25, -0.2) is 4.98 Å². The standard InChI is InChI=1S/C14H21N3S/c1-11(2)6-15-7-13-4-5-17(9-13)10-14-8-16-12(3)18-14/h4-5,8-9,11,15H,6-7,10H2,1-3H3. The van der Waals surface area contributed by atoms with Crippen LogP contribution in [0.2, 0.25) is 0 Å². The molecule has 1 N–H and O–H groups in total. The zero-order valence-corrected chi connectivity index (χ0v) is 12.1. The predicted octanol–water partition coefficient (Wildman–Crippen LogP) is 3.05. The van der Waals surface area contributed by atoms with Gasteiger partial charge in [0.05, 0.1) is 11.6 Å². The van der Waals surface area contributed by atoms with Crippen molar-refractivity contribution in [2.24, 2.45) is 5.92 Å². The third-order valence-electron chi connectivity index (χ3n) is 2.70. The maximum atomic E-state index is 4.28. The minimum absolute atomic E-state index is 0.701. The fourth-order valence-corrected chi connectivity index (χ4v) is 2.66. The third kappa shape index (κ3) is 3.96. The number of aryl methyl sites for hydroxylation is 1. The smallest absolute Gasteiger partial charge is 0.0897 e. The molecule has 0 saturated heterocycles. The van der Waals surface area contributed by atoms with Gasteiger partial charge < -0.3 is 9.88 Å². The van der Waals surface area contributed by atoms with E-state index in [1.807, 2.05) is 13.1 Å². The molecule has 0 atom stereocenters. The van der Waals surface area contributed by atoms with E-state index in [1.54, 1.807) is 11.3 Å². The molecule has 2 rings (SSSR count). The molecule has 4 heteroatoms. The summed E-state index contributed by atoms with van der Waals surface area (Å²) in [6.07, 6.45) is 6.32. The second-order valence-corrected chi connectivity index (χ2v) is 6.38. The largest absolute Gasteiger partial charge is 0.349 e. The molecule has 2 aromatic heterocycles. The van der Waals surface area contributed by atoms with Gasteiger partial charge in [-0.1, -0.05) is 13.8 Å². The van der Waals surface area contributed by atoms with Crippen LogP contribution < -0.4 is 5.32 Å². The van der Waals surface area contributed by atoms with E-state index in [4.69, 9.17) is 0 Å². The number of nitrogens with one attached hydrogen (secondary N) is 1. The molecular weight excluding hydrogens is 242 g/mol. The summed E-state index contributed by atoms with van der Waals surface area (Å²) in [6.45, 7) is 9.45.